The fourth-order valence-corrected chi connectivity index (χ4v) is 6.13. The van der Waals surface area contributed by atoms with Gasteiger partial charge in [0.25, 0.3) is 11.8 Å². The number of carbonyl (C=O) groups excluding carboxylic acids is 3. The van der Waals surface area contributed by atoms with E-state index in [2.05, 4.69) is 17.2 Å². The van der Waals surface area contributed by atoms with Crippen LogP contribution in [0.5, 0.6) is 5.75 Å². The second-order valence-electron chi connectivity index (χ2n) is 10.9. The van der Waals surface area contributed by atoms with Gasteiger partial charge in [0.15, 0.2) is 0 Å². The van der Waals surface area contributed by atoms with Crippen LogP contribution < -0.4 is 15.0 Å². The van der Waals surface area contributed by atoms with Gasteiger partial charge >= 0.3 is 6.03 Å². The van der Waals surface area contributed by atoms with Gasteiger partial charge in [0.2, 0.25) is 0 Å². The predicted molar refractivity (Wildman–Crippen MR) is 164 cm³/mol. The second-order valence-corrected chi connectivity index (χ2v) is 10.9. The van der Waals surface area contributed by atoms with Crippen LogP contribution in [0.25, 0.3) is 10.9 Å². The van der Waals surface area contributed by atoms with Gasteiger partial charge in [-0.3, -0.25) is 14.5 Å². The molecule has 0 unspecified atom stereocenters. The minimum absolute atomic E-state index is 0.276. The Morgan fingerprint density at radius 1 is 1.00 bits per heavy atom. The SMILES string of the molecule is CCCCOCCCNC(=O)c1ccccc1N1C(=O)[C@@H]2Cc3c([nH]c4ccccc34)[C@H](c3cccc(OC)c3)N2C1=O. The van der Waals surface area contributed by atoms with E-state index < -0.39 is 18.1 Å². The number of para-hydroxylation sites is 2. The lowest BCUT2D eigenvalue weighted by molar-refractivity contribution is -0.120. The molecule has 1 fully saturated rings. The number of aromatic amines is 1. The van der Waals surface area contributed by atoms with Crippen LogP contribution in [-0.4, -0.2) is 60.6 Å². The molecule has 43 heavy (non-hydrogen) atoms. The van der Waals surface area contributed by atoms with Crippen molar-refractivity contribution in [3.63, 3.8) is 0 Å². The fourth-order valence-electron chi connectivity index (χ4n) is 6.13. The third kappa shape index (κ3) is 5.25. The first kappa shape index (κ1) is 28.5. The summed E-state index contributed by atoms with van der Waals surface area (Å²) in [5.41, 5.74) is 4.23. The molecule has 2 aliphatic rings. The largest absolute Gasteiger partial charge is 0.497 e. The summed E-state index contributed by atoms with van der Waals surface area (Å²) in [6.07, 6.45) is 3.12. The molecule has 0 aliphatic carbocycles. The summed E-state index contributed by atoms with van der Waals surface area (Å²) in [4.78, 5) is 48.1. The fraction of sp³-hybridized carbons (Fsp3) is 0.324. The van der Waals surface area contributed by atoms with E-state index >= 15 is 0 Å². The molecule has 2 N–H and O–H groups in total. The number of ether oxygens (including phenoxy) is 2. The molecule has 0 bridgehead atoms. The van der Waals surface area contributed by atoms with E-state index in [1.807, 2.05) is 48.5 Å². The molecule has 0 spiro atoms. The Hall–Kier alpha value is -4.63. The quantitative estimate of drug-likeness (QED) is 0.178. The summed E-state index contributed by atoms with van der Waals surface area (Å²) in [6.45, 7) is 3.80. The van der Waals surface area contributed by atoms with Crippen molar-refractivity contribution < 1.29 is 23.9 Å². The van der Waals surface area contributed by atoms with Crippen molar-refractivity contribution in [2.24, 2.45) is 0 Å². The highest BCUT2D eigenvalue weighted by atomic mass is 16.5. The Labute approximate surface area is 250 Å². The maximum absolute atomic E-state index is 14.3. The number of benzene rings is 3. The molecule has 1 aromatic heterocycles. The minimum atomic E-state index is -0.730. The molecule has 3 heterocycles. The number of aromatic nitrogens is 1. The number of hydrogen-bond donors (Lipinski definition) is 2. The van der Waals surface area contributed by atoms with Gasteiger partial charge < -0.3 is 19.8 Å². The molecular formula is C34H36N4O5. The third-order valence-electron chi connectivity index (χ3n) is 8.24. The summed E-state index contributed by atoms with van der Waals surface area (Å²) in [7, 11) is 1.60. The van der Waals surface area contributed by atoms with E-state index in [4.69, 9.17) is 9.47 Å². The van der Waals surface area contributed by atoms with E-state index in [-0.39, 0.29) is 23.1 Å². The maximum atomic E-state index is 14.3. The van der Waals surface area contributed by atoms with Crippen molar-refractivity contribution in [2.75, 3.05) is 31.8 Å². The van der Waals surface area contributed by atoms with Crippen molar-refractivity contribution in [1.29, 1.82) is 0 Å². The number of hydrogen-bond acceptors (Lipinski definition) is 5. The van der Waals surface area contributed by atoms with Gasteiger partial charge in [-0.2, -0.15) is 0 Å². The molecule has 2 aliphatic heterocycles. The molecule has 4 amide bonds. The van der Waals surface area contributed by atoms with Gasteiger partial charge in [0.1, 0.15) is 17.8 Å². The Kier molecular flexibility index (Phi) is 8.16. The number of nitrogens with zero attached hydrogens (tertiary/aromatic N) is 2. The molecule has 6 rings (SSSR count). The average molecular weight is 581 g/mol. The molecule has 9 nitrogen and oxygen atoms in total. The standard InChI is InChI=1S/C34H36N4O5/c1-3-4-18-43-19-10-17-35-32(39)25-14-6-8-16-28(25)38-33(40)29-21-26-24-13-5-7-15-27(24)36-30(26)31(37(29)34(38)41)22-11-9-12-23(20-22)42-2/h5-9,11-16,20,29,31,36H,3-4,10,17-19,21H2,1-2H3,(H,35,39)/t29-,31-/m0/s1. The summed E-state index contributed by atoms with van der Waals surface area (Å²) in [5.74, 6) is -0.0292. The van der Waals surface area contributed by atoms with Crippen LogP contribution >= 0.6 is 0 Å². The Balaban J connectivity index is 1.33. The van der Waals surface area contributed by atoms with Crippen LogP contribution in [0.3, 0.4) is 0 Å². The van der Waals surface area contributed by atoms with Crippen molar-refractivity contribution in [2.45, 2.75) is 44.7 Å². The zero-order valence-corrected chi connectivity index (χ0v) is 24.5. The summed E-state index contributed by atoms with van der Waals surface area (Å²) in [6, 6.07) is 20.6. The number of H-pyrrole nitrogens is 1. The molecule has 2 atom stereocenters. The molecular weight excluding hydrogens is 544 g/mol. The van der Waals surface area contributed by atoms with Crippen LogP contribution in [0.1, 0.15) is 59.4 Å². The third-order valence-corrected chi connectivity index (χ3v) is 8.24. The summed E-state index contributed by atoms with van der Waals surface area (Å²) in [5, 5.41) is 3.95. The van der Waals surface area contributed by atoms with Gasteiger partial charge in [0.05, 0.1) is 18.4 Å². The number of fused-ring (bicyclic) bond motifs is 4. The first-order chi connectivity index (χ1) is 21.0. The van der Waals surface area contributed by atoms with Crippen LogP contribution in [0.2, 0.25) is 0 Å². The molecule has 4 aromatic rings. The van der Waals surface area contributed by atoms with Gasteiger partial charge in [0, 0.05) is 42.8 Å². The van der Waals surface area contributed by atoms with E-state index in [0.29, 0.717) is 38.3 Å². The van der Waals surface area contributed by atoms with E-state index in [1.165, 1.54) is 4.90 Å². The van der Waals surface area contributed by atoms with Crippen molar-refractivity contribution in [1.82, 2.24) is 15.2 Å². The predicted octanol–water partition coefficient (Wildman–Crippen LogP) is 5.60. The molecule has 0 saturated carbocycles. The number of methoxy groups -OCH3 is 1. The summed E-state index contributed by atoms with van der Waals surface area (Å²) < 4.78 is 11.1. The highest BCUT2D eigenvalue weighted by Crippen LogP contribution is 2.45. The number of unbranched alkanes of at least 4 members (excludes halogenated alkanes) is 1. The second kappa shape index (κ2) is 12.3. The number of urea groups is 1. The lowest BCUT2D eigenvalue weighted by Gasteiger charge is -2.36. The number of anilines is 1. The van der Waals surface area contributed by atoms with E-state index in [0.717, 1.165) is 40.6 Å². The number of carbonyl (C=O) groups is 3. The van der Waals surface area contributed by atoms with Gasteiger partial charge in [-0.1, -0.05) is 55.8 Å². The first-order valence-corrected chi connectivity index (χ1v) is 14.9. The number of rotatable bonds is 11. The average Bonchev–Trinajstić information content (AvgIpc) is 3.53. The van der Waals surface area contributed by atoms with Gasteiger partial charge in [-0.05, 0) is 54.3 Å². The molecule has 9 heteroatoms. The molecule has 222 valence electrons. The van der Waals surface area contributed by atoms with Gasteiger partial charge in [-0.15, -0.1) is 0 Å². The van der Waals surface area contributed by atoms with E-state index in [1.54, 1.807) is 36.3 Å². The van der Waals surface area contributed by atoms with E-state index in [9.17, 15) is 14.4 Å². The highest BCUT2D eigenvalue weighted by Gasteiger charge is 2.53. The smallest absolute Gasteiger partial charge is 0.332 e. The number of amides is 4. The zero-order chi connectivity index (χ0) is 29.9. The number of imide groups is 1. The Morgan fingerprint density at radius 2 is 1.79 bits per heavy atom. The van der Waals surface area contributed by atoms with Crippen molar-refractivity contribution >= 4 is 34.4 Å². The van der Waals surface area contributed by atoms with Gasteiger partial charge in [-0.25, -0.2) is 9.69 Å². The maximum Gasteiger partial charge on any atom is 0.332 e. The molecule has 1 saturated heterocycles. The molecule has 3 aromatic carbocycles. The van der Waals surface area contributed by atoms with Crippen molar-refractivity contribution in [3.05, 3.63) is 95.2 Å². The first-order valence-electron chi connectivity index (χ1n) is 14.9. The zero-order valence-electron chi connectivity index (χ0n) is 24.5. The lowest BCUT2D eigenvalue weighted by Crippen LogP contribution is -2.44. The monoisotopic (exact) mass is 580 g/mol. The Bertz CT molecular complexity index is 1660. The Morgan fingerprint density at radius 3 is 2.63 bits per heavy atom. The lowest BCUT2D eigenvalue weighted by atomic mass is 9.89. The van der Waals surface area contributed by atoms with Crippen LogP contribution in [0.15, 0.2) is 72.8 Å². The van der Waals surface area contributed by atoms with Crippen molar-refractivity contribution in [3.8, 4) is 5.75 Å². The van der Waals surface area contributed by atoms with Crippen LogP contribution in [0.4, 0.5) is 10.5 Å². The molecule has 0 radical (unpaired) electrons. The highest BCUT2D eigenvalue weighted by molar-refractivity contribution is 6.24. The topological polar surface area (TPSA) is 104 Å². The normalized spacial score (nSPS) is 17.7. The van der Waals surface area contributed by atoms with Crippen LogP contribution in [-0.2, 0) is 16.0 Å². The summed E-state index contributed by atoms with van der Waals surface area (Å²) >= 11 is 0. The minimum Gasteiger partial charge on any atom is -0.497 e. The number of nitrogens with one attached hydrogen (secondary N) is 2. The van der Waals surface area contributed by atoms with Crippen LogP contribution in [0, 0.1) is 0 Å².